The van der Waals surface area contributed by atoms with Gasteiger partial charge in [-0.1, -0.05) is 13.3 Å². The molecule has 1 aromatic rings. The molecule has 1 aromatic heterocycles. The molecule has 0 saturated carbocycles. The lowest BCUT2D eigenvalue weighted by Crippen LogP contribution is -2.53. The van der Waals surface area contributed by atoms with Gasteiger partial charge in [-0.15, -0.1) is 0 Å². The smallest absolute Gasteiger partial charge is 0.331 e. The van der Waals surface area contributed by atoms with E-state index in [1.807, 2.05) is 23.8 Å². The number of thiophene rings is 1. The molecular formula is C13H19NO3S. The minimum atomic E-state index is -0.934. The topological polar surface area (TPSA) is 55.4 Å². The first-order valence-corrected chi connectivity index (χ1v) is 6.86. The van der Waals surface area contributed by atoms with E-state index >= 15 is 0 Å². The van der Waals surface area contributed by atoms with Crippen molar-refractivity contribution in [2.45, 2.75) is 38.6 Å². The predicted molar refractivity (Wildman–Crippen MR) is 71.5 cm³/mol. The highest BCUT2D eigenvalue weighted by Crippen LogP contribution is 2.15. The highest BCUT2D eigenvalue weighted by atomic mass is 32.1. The summed E-state index contributed by atoms with van der Waals surface area (Å²) in [4.78, 5) is 23.6. The molecule has 0 aromatic carbocycles. The Bertz CT molecular complexity index is 402. The van der Waals surface area contributed by atoms with Gasteiger partial charge in [-0.25, -0.2) is 4.79 Å². The highest BCUT2D eigenvalue weighted by Gasteiger charge is 2.34. The standard InChI is InChI=1S/C13H19NO3S/c1-4-6-13(2,12(16)17-3)14-11(15)8-10-5-7-18-9-10/h5,7,9H,4,6,8H2,1-3H3,(H,14,15). The van der Waals surface area contributed by atoms with Crippen molar-refractivity contribution in [1.29, 1.82) is 0 Å². The summed E-state index contributed by atoms with van der Waals surface area (Å²) in [6.07, 6.45) is 1.65. The lowest BCUT2D eigenvalue weighted by Gasteiger charge is -2.27. The Labute approximate surface area is 111 Å². The van der Waals surface area contributed by atoms with Gasteiger partial charge in [-0.2, -0.15) is 11.3 Å². The molecule has 1 rings (SSSR count). The van der Waals surface area contributed by atoms with Gasteiger partial charge < -0.3 is 10.1 Å². The fraction of sp³-hybridized carbons (Fsp3) is 0.538. The van der Waals surface area contributed by atoms with Crippen LogP contribution in [0.4, 0.5) is 0 Å². The zero-order valence-electron chi connectivity index (χ0n) is 11.0. The van der Waals surface area contributed by atoms with Gasteiger partial charge in [0.2, 0.25) is 5.91 Å². The Morgan fingerprint density at radius 3 is 2.72 bits per heavy atom. The number of hydrogen-bond acceptors (Lipinski definition) is 4. The average molecular weight is 269 g/mol. The third kappa shape index (κ3) is 3.84. The summed E-state index contributed by atoms with van der Waals surface area (Å²) >= 11 is 1.55. The van der Waals surface area contributed by atoms with E-state index in [1.165, 1.54) is 7.11 Å². The normalized spacial score (nSPS) is 13.7. The van der Waals surface area contributed by atoms with Crippen LogP contribution in [-0.2, 0) is 20.7 Å². The first kappa shape index (κ1) is 14.7. The van der Waals surface area contributed by atoms with Crippen LogP contribution in [0.25, 0.3) is 0 Å². The number of rotatable bonds is 6. The number of methoxy groups -OCH3 is 1. The van der Waals surface area contributed by atoms with Crippen LogP contribution in [0.2, 0.25) is 0 Å². The van der Waals surface area contributed by atoms with Crippen molar-refractivity contribution in [1.82, 2.24) is 5.32 Å². The maximum absolute atomic E-state index is 11.9. The first-order chi connectivity index (χ1) is 8.51. The molecular weight excluding hydrogens is 250 g/mol. The van der Waals surface area contributed by atoms with Crippen molar-refractivity contribution >= 4 is 23.2 Å². The molecule has 0 aliphatic heterocycles. The van der Waals surface area contributed by atoms with Crippen LogP contribution >= 0.6 is 11.3 Å². The summed E-state index contributed by atoms with van der Waals surface area (Å²) < 4.78 is 4.75. The van der Waals surface area contributed by atoms with Crippen LogP contribution in [-0.4, -0.2) is 24.5 Å². The summed E-state index contributed by atoms with van der Waals surface area (Å²) in [6, 6.07) is 1.90. The number of amides is 1. The Hall–Kier alpha value is -1.36. The van der Waals surface area contributed by atoms with Crippen LogP contribution in [0.3, 0.4) is 0 Å². The average Bonchev–Trinajstić information content (AvgIpc) is 2.80. The Kier molecular flexibility index (Phi) is 5.34. The Morgan fingerprint density at radius 1 is 1.50 bits per heavy atom. The molecule has 0 bridgehead atoms. The van der Waals surface area contributed by atoms with Crippen molar-refractivity contribution in [3.8, 4) is 0 Å². The molecule has 1 N–H and O–H groups in total. The maximum Gasteiger partial charge on any atom is 0.331 e. The van der Waals surface area contributed by atoms with E-state index in [4.69, 9.17) is 4.74 Å². The number of hydrogen-bond donors (Lipinski definition) is 1. The van der Waals surface area contributed by atoms with Gasteiger partial charge in [0.05, 0.1) is 13.5 Å². The summed E-state index contributed by atoms with van der Waals surface area (Å²) in [5, 5.41) is 6.62. The van der Waals surface area contributed by atoms with Crippen LogP contribution in [0.5, 0.6) is 0 Å². The zero-order valence-corrected chi connectivity index (χ0v) is 11.8. The van der Waals surface area contributed by atoms with E-state index in [2.05, 4.69) is 5.32 Å². The van der Waals surface area contributed by atoms with Crippen LogP contribution < -0.4 is 5.32 Å². The molecule has 0 saturated heterocycles. The largest absolute Gasteiger partial charge is 0.467 e. The predicted octanol–water partition coefficient (Wildman–Crippen LogP) is 2.14. The number of ether oxygens (including phenoxy) is 1. The Balaban J connectivity index is 2.66. The second-order valence-electron chi connectivity index (χ2n) is 4.43. The van der Waals surface area contributed by atoms with E-state index in [0.29, 0.717) is 12.8 Å². The SMILES string of the molecule is CCCC(C)(NC(=O)Cc1ccsc1)C(=O)OC. The molecule has 18 heavy (non-hydrogen) atoms. The molecule has 0 fully saturated rings. The molecule has 0 spiro atoms. The quantitative estimate of drug-likeness (QED) is 0.805. The molecule has 4 nitrogen and oxygen atoms in total. The number of esters is 1. The maximum atomic E-state index is 11.9. The van der Waals surface area contributed by atoms with E-state index in [1.54, 1.807) is 18.3 Å². The van der Waals surface area contributed by atoms with E-state index in [9.17, 15) is 9.59 Å². The molecule has 0 radical (unpaired) electrons. The lowest BCUT2D eigenvalue weighted by atomic mass is 9.96. The molecule has 5 heteroatoms. The molecule has 1 amide bonds. The fourth-order valence-corrected chi connectivity index (χ4v) is 2.54. The van der Waals surface area contributed by atoms with Gasteiger partial charge in [0.15, 0.2) is 0 Å². The fourth-order valence-electron chi connectivity index (χ4n) is 1.87. The first-order valence-electron chi connectivity index (χ1n) is 5.92. The van der Waals surface area contributed by atoms with Gasteiger partial charge in [-0.3, -0.25) is 4.79 Å². The minimum absolute atomic E-state index is 0.158. The Morgan fingerprint density at radius 2 is 2.22 bits per heavy atom. The van der Waals surface area contributed by atoms with Crippen molar-refractivity contribution in [3.63, 3.8) is 0 Å². The molecule has 0 aliphatic rings. The van der Waals surface area contributed by atoms with Crippen molar-refractivity contribution in [3.05, 3.63) is 22.4 Å². The van der Waals surface area contributed by atoms with E-state index < -0.39 is 11.5 Å². The van der Waals surface area contributed by atoms with Gasteiger partial charge in [0.25, 0.3) is 0 Å². The summed E-state index contributed by atoms with van der Waals surface area (Å²) in [7, 11) is 1.33. The van der Waals surface area contributed by atoms with Crippen LogP contribution in [0.15, 0.2) is 16.8 Å². The highest BCUT2D eigenvalue weighted by molar-refractivity contribution is 7.07. The second-order valence-corrected chi connectivity index (χ2v) is 5.21. The van der Waals surface area contributed by atoms with Crippen LogP contribution in [0.1, 0.15) is 32.3 Å². The molecule has 1 atom stereocenters. The number of nitrogens with one attached hydrogen (secondary N) is 1. The van der Waals surface area contributed by atoms with Gasteiger partial charge in [0.1, 0.15) is 5.54 Å². The number of carbonyl (C=O) groups excluding carboxylic acids is 2. The van der Waals surface area contributed by atoms with Crippen molar-refractivity contribution in [2.24, 2.45) is 0 Å². The molecule has 100 valence electrons. The monoisotopic (exact) mass is 269 g/mol. The summed E-state index contributed by atoms with van der Waals surface area (Å²) in [6.45, 7) is 3.67. The molecule has 1 unspecified atom stereocenters. The van der Waals surface area contributed by atoms with Crippen molar-refractivity contribution in [2.75, 3.05) is 7.11 Å². The summed E-state index contributed by atoms with van der Waals surface area (Å²) in [5.74, 6) is -0.558. The van der Waals surface area contributed by atoms with Gasteiger partial charge in [-0.05, 0) is 35.7 Å². The zero-order chi connectivity index (χ0) is 13.6. The molecule has 1 heterocycles. The number of carbonyl (C=O) groups is 2. The lowest BCUT2D eigenvalue weighted by molar-refractivity contribution is -0.150. The van der Waals surface area contributed by atoms with E-state index in [0.717, 1.165) is 12.0 Å². The third-order valence-electron chi connectivity index (χ3n) is 2.75. The summed E-state index contributed by atoms with van der Waals surface area (Å²) in [5.41, 5.74) is 0.0255. The minimum Gasteiger partial charge on any atom is -0.467 e. The second kappa shape index (κ2) is 6.54. The van der Waals surface area contributed by atoms with Crippen LogP contribution in [0, 0.1) is 0 Å². The van der Waals surface area contributed by atoms with Gasteiger partial charge in [0, 0.05) is 0 Å². The molecule has 0 aliphatic carbocycles. The third-order valence-corrected chi connectivity index (χ3v) is 3.48. The van der Waals surface area contributed by atoms with Gasteiger partial charge >= 0.3 is 5.97 Å². The van der Waals surface area contributed by atoms with E-state index in [-0.39, 0.29) is 5.91 Å². The van der Waals surface area contributed by atoms with Crippen molar-refractivity contribution < 1.29 is 14.3 Å².